The van der Waals surface area contributed by atoms with Crippen LogP contribution in [0.5, 0.6) is 0 Å². The van der Waals surface area contributed by atoms with Gasteiger partial charge in [-0.25, -0.2) is 0 Å². The van der Waals surface area contributed by atoms with E-state index in [-0.39, 0.29) is 0 Å². The van der Waals surface area contributed by atoms with E-state index in [1.165, 1.54) is 0 Å². The first-order valence-electron chi connectivity index (χ1n) is 12.0. The van der Waals surface area contributed by atoms with Crippen molar-refractivity contribution >= 4 is 6.29 Å². The highest BCUT2D eigenvalue weighted by molar-refractivity contribution is 5.58. The van der Waals surface area contributed by atoms with Gasteiger partial charge in [-0.3, -0.25) is 0 Å². The highest BCUT2D eigenvalue weighted by atomic mass is 16.9. The van der Waals surface area contributed by atoms with E-state index in [1.54, 1.807) is 0 Å². The van der Waals surface area contributed by atoms with E-state index in [9.17, 15) is 15.0 Å². The lowest BCUT2D eigenvalue weighted by atomic mass is 9.94. The minimum Gasteiger partial charge on any atom is -0.387 e. The summed E-state index contributed by atoms with van der Waals surface area (Å²) in [5.74, 6) is -1.42. The summed E-state index contributed by atoms with van der Waals surface area (Å²) in [6, 6.07) is 0. The van der Waals surface area contributed by atoms with Gasteiger partial charge >= 0.3 is 0 Å². The molecule has 4 saturated heterocycles. The number of hydrogen-bond donors (Lipinski definition) is 2. The standard InChI is InChI=1S/C22H32O10/c23-11-12-14(17-20(26-12)32-22(30-17)9-5-2-6-10-22)27-18(25)15-13(24)16-19(28-15)31-21(29-16)7-3-1-4-8-21/h11-20,24-25H,1-10H2/t12-,13+,14+,15+,16-,17-,18-,19-,20-/m1/s1. The fourth-order valence-electron chi connectivity index (χ4n) is 6.12. The van der Waals surface area contributed by atoms with E-state index in [2.05, 4.69) is 0 Å². The molecule has 4 aliphatic heterocycles. The summed E-state index contributed by atoms with van der Waals surface area (Å²) in [7, 11) is 0. The number of ether oxygens (including phenoxy) is 7. The molecule has 6 fully saturated rings. The molecule has 9 atom stereocenters. The Bertz CT molecular complexity index is 705. The topological polar surface area (TPSA) is 122 Å². The zero-order valence-electron chi connectivity index (χ0n) is 18.0. The Morgan fingerprint density at radius 3 is 1.94 bits per heavy atom. The van der Waals surface area contributed by atoms with Gasteiger partial charge < -0.3 is 48.2 Å². The van der Waals surface area contributed by atoms with Crippen molar-refractivity contribution in [3.63, 3.8) is 0 Å². The van der Waals surface area contributed by atoms with Crippen LogP contribution in [0.1, 0.15) is 64.2 Å². The molecule has 0 bridgehead atoms. The number of carbonyl (C=O) groups is 1. The van der Waals surface area contributed by atoms with Crippen molar-refractivity contribution in [3.8, 4) is 0 Å². The summed E-state index contributed by atoms with van der Waals surface area (Å²) in [4.78, 5) is 11.6. The Kier molecular flexibility index (Phi) is 5.60. The number of carbonyl (C=O) groups excluding carboxylic acids is 1. The maximum atomic E-state index is 11.6. The highest BCUT2D eigenvalue weighted by Crippen LogP contribution is 2.47. The summed E-state index contributed by atoms with van der Waals surface area (Å²) >= 11 is 0. The van der Waals surface area contributed by atoms with Gasteiger partial charge in [0.25, 0.3) is 0 Å². The molecule has 10 nitrogen and oxygen atoms in total. The number of hydrogen-bond acceptors (Lipinski definition) is 10. The van der Waals surface area contributed by atoms with Crippen LogP contribution in [-0.2, 0) is 38.0 Å². The Morgan fingerprint density at radius 2 is 1.38 bits per heavy atom. The average molecular weight is 456 g/mol. The molecule has 0 aromatic heterocycles. The first-order chi connectivity index (χ1) is 15.5. The summed E-state index contributed by atoms with van der Waals surface area (Å²) in [5, 5.41) is 21.6. The highest BCUT2D eigenvalue weighted by Gasteiger charge is 2.62. The molecule has 4 heterocycles. The largest absolute Gasteiger partial charge is 0.387 e. The molecule has 10 heteroatoms. The number of fused-ring (bicyclic) bond motifs is 2. The smallest absolute Gasteiger partial charge is 0.190 e. The molecule has 2 spiro atoms. The van der Waals surface area contributed by atoms with Crippen LogP contribution in [0.3, 0.4) is 0 Å². The number of aliphatic hydroxyl groups excluding tert-OH is 2. The predicted octanol–water partition coefficient (Wildman–Crippen LogP) is 0.851. The fraction of sp³-hybridized carbons (Fsp3) is 0.955. The van der Waals surface area contributed by atoms with Crippen LogP contribution >= 0.6 is 0 Å². The molecule has 32 heavy (non-hydrogen) atoms. The molecule has 2 N–H and O–H groups in total. The van der Waals surface area contributed by atoms with Crippen molar-refractivity contribution in [2.45, 2.75) is 131 Å². The summed E-state index contributed by atoms with van der Waals surface area (Å²) in [6.45, 7) is 0. The number of aliphatic hydroxyl groups is 2. The maximum Gasteiger partial charge on any atom is 0.190 e. The van der Waals surface area contributed by atoms with Gasteiger partial charge in [-0.15, -0.1) is 0 Å². The van der Waals surface area contributed by atoms with Gasteiger partial charge in [-0.2, -0.15) is 0 Å². The van der Waals surface area contributed by atoms with Crippen molar-refractivity contribution in [1.82, 2.24) is 0 Å². The predicted molar refractivity (Wildman–Crippen MR) is 104 cm³/mol. The number of rotatable bonds is 4. The van der Waals surface area contributed by atoms with Gasteiger partial charge in [0.2, 0.25) is 0 Å². The van der Waals surface area contributed by atoms with E-state index < -0.39 is 67.1 Å². The molecule has 6 rings (SSSR count). The first-order valence-corrected chi connectivity index (χ1v) is 12.0. The second-order valence-electron chi connectivity index (χ2n) is 9.90. The third-order valence-electron chi connectivity index (χ3n) is 7.75. The minimum absolute atomic E-state index is 0.621. The van der Waals surface area contributed by atoms with Gasteiger partial charge in [0.1, 0.15) is 36.6 Å². The Labute approximate surface area is 186 Å². The van der Waals surface area contributed by atoms with Gasteiger partial charge in [-0.1, -0.05) is 12.8 Å². The van der Waals surface area contributed by atoms with E-state index in [0.29, 0.717) is 6.29 Å². The summed E-state index contributed by atoms with van der Waals surface area (Å²) in [5.41, 5.74) is 0. The van der Waals surface area contributed by atoms with Crippen molar-refractivity contribution in [1.29, 1.82) is 0 Å². The van der Waals surface area contributed by atoms with Crippen molar-refractivity contribution < 1.29 is 48.2 Å². The van der Waals surface area contributed by atoms with E-state index in [0.717, 1.165) is 64.2 Å². The van der Waals surface area contributed by atoms with E-state index >= 15 is 0 Å². The average Bonchev–Trinajstić information content (AvgIpc) is 3.49. The van der Waals surface area contributed by atoms with E-state index in [1.807, 2.05) is 0 Å². The number of aldehydes is 1. The van der Waals surface area contributed by atoms with Gasteiger partial charge in [-0.05, 0) is 25.7 Å². The second-order valence-corrected chi connectivity index (χ2v) is 9.90. The third-order valence-corrected chi connectivity index (χ3v) is 7.75. The maximum absolute atomic E-state index is 11.6. The van der Waals surface area contributed by atoms with Crippen molar-refractivity contribution in [3.05, 3.63) is 0 Å². The van der Waals surface area contributed by atoms with Crippen LogP contribution in [0.15, 0.2) is 0 Å². The Hall–Kier alpha value is -0.690. The van der Waals surface area contributed by atoms with Crippen molar-refractivity contribution in [2.24, 2.45) is 0 Å². The van der Waals surface area contributed by atoms with E-state index in [4.69, 9.17) is 33.2 Å². The van der Waals surface area contributed by atoms with Crippen LogP contribution in [0.2, 0.25) is 0 Å². The summed E-state index contributed by atoms with van der Waals surface area (Å²) < 4.78 is 41.7. The summed E-state index contributed by atoms with van der Waals surface area (Å²) in [6.07, 6.45) is 1.55. The van der Waals surface area contributed by atoms with Crippen LogP contribution in [0.4, 0.5) is 0 Å². The normalized spacial score (nSPS) is 47.6. The first kappa shape index (κ1) is 21.8. The molecule has 0 aromatic carbocycles. The molecule has 180 valence electrons. The second kappa shape index (κ2) is 8.21. The quantitative estimate of drug-likeness (QED) is 0.465. The zero-order valence-corrected chi connectivity index (χ0v) is 18.0. The lowest BCUT2D eigenvalue weighted by Crippen LogP contribution is -2.48. The molecular weight excluding hydrogens is 424 g/mol. The van der Waals surface area contributed by atoms with Gasteiger partial charge in [0.15, 0.2) is 36.7 Å². The van der Waals surface area contributed by atoms with Gasteiger partial charge in [0.05, 0.1) is 0 Å². The van der Waals surface area contributed by atoms with Gasteiger partial charge in [0, 0.05) is 25.7 Å². The molecule has 2 saturated carbocycles. The SMILES string of the molecule is O=C[C@H]1O[C@@H]2OC3(CCCCC3)O[C@@H]2[C@H]1O[C@@H](O)[C@H]1O[C@@H]2OC3(CCCCC3)O[C@@H]2[C@H]1O. The molecule has 0 amide bonds. The van der Waals surface area contributed by atoms with Crippen LogP contribution in [-0.4, -0.2) is 83.6 Å². The van der Waals surface area contributed by atoms with Crippen molar-refractivity contribution in [2.75, 3.05) is 0 Å². The lowest BCUT2D eigenvalue weighted by Gasteiger charge is -2.35. The van der Waals surface area contributed by atoms with Crippen LogP contribution in [0.25, 0.3) is 0 Å². The third kappa shape index (κ3) is 3.55. The monoisotopic (exact) mass is 456 g/mol. The molecule has 0 aromatic rings. The molecular formula is C22H32O10. The zero-order chi connectivity index (χ0) is 21.9. The van der Waals surface area contributed by atoms with Crippen LogP contribution in [0, 0.1) is 0 Å². The fourth-order valence-corrected chi connectivity index (χ4v) is 6.12. The van der Waals surface area contributed by atoms with Crippen LogP contribution < -0.4 is 0 Å². The minimum atomic E-state index is -1.52. The molecule has 0 unspecified atom stereocenters. The molecule has 2 aliphatic carbocycles. The molecule has 0 radical (unpaired) electrons. The lowest BCUT2D eigenvalue weighted by molar-refractivity contribution is -0.289. The Morgan fingerprint density at radius 1 is 0.812 bits per heavy atom. The Balaban J connectivity index is 1.11. The molecule has 6 aliphatic rings.